The molecule has 0 bridgehead atoms. The van der Waals surface area contributed by atoms with Crippen LogP contribution < -0.4 is 10.6 Å². The van der Waals surface area contributed by atoms with Crippen molar-refractivity contribution < 1.29 is 9.59 Å². The molecule has 2 amide bonds. The zero-order valence-electron chi connectivity index (χ0n) is 13.2. The van der Waals surface area contributed by atoms with Gasteiger partial charge in [0.2, 0.25) is 0 Å². The van der Waals surface area contributed by atoms with Crippen molar-refractivity contribution in [3.05, 3.63) is 65.5 Å². The lowest BCUT2D eigenvalue weighted by Crippen LogP contribution is -2.28. The van der Waals surface area contributed by atoms with Gasteiger partial charge in [-0.1, -0.05) is 37.3 Å². The average molecular weight is 311 g/mol. The summed E-state index contributed by atoms with van der Waals surface area (Å²) in [6.07, 6.45) is 3.10. The van der Waals surface area contributed by atoms with E-state index in [0.717, 1.165) is 18.4 Å². The van der Waals surface area contributed by atoms with Gasteiger partial charge >= 0.3 is 0 Å². The van der Waals surface area contributed by atoms with Crippen molar-refractivity contribution in [1.82, 2.24) is 15.6 Å². The predicted octanol–water partition coefficient (Wildman–Crippen LogP) is 2.19. The Balaban J connectivity index is 1.90. The van der Waals surface area contributed by atoms with Crippen LogP contribution in [0.15, 0.2) is 48.7 Å². The van der Waals surface area contributed by atoms with E-state index in [-0.39, 0.29) is 17.5 Å². The number of amides is 2. The van der Waals surface area contributed by atoms with Gasteiger partial charge in [0.05, 0.1) is 0 Å². The molecule has 1 aromatic carbocycles. The van der Waals surface area contributed by atoms with E-state index in [0.29, 0.717) is 18.7 Å². The highest BCUT2D eigenvalue weighted by Gasteiger charge is 2.11. The Morgan fingerprint density at radius 2 is 1.74 bits per heavy atom. The van der Waals surface area contributed by atoms with Crippen LogP contribution in [0.2, 0.25) is 0 Å². The summed E-state index contributed by atoms with van der Waals surface area (Å²) in [6.45, 7) is 3.12. The Morgan fingerprint density at radius 1 is 1.00 bits per heavy atom. The zero-order chi connectivity index (χ0) is 16.5. The van der Waals surface area contributed by atoms with Crippen LogP contribution in [0, 0.1) is 0 Å². The van der Waals surface area contributed by atoms with Crippen molar-refractivity contribution >= 4 is 11.8 Å². The standard InChI is InChI=1S/C18H21N3O2/c1-2-10-20-17(22)15-9-12-19-16(13-15)18(23)21-11-8-14-6-4-3-5-7-14/h3-7,9,12-13H,2,8,10-11H2,1H3,(H,20,22)(H,21,23). The molecule has 0 aliphatic rings. The Hall–Kier alpha value is -2.69. The molecule has 0 spiro atoms. The summed E-state index contributed by atoms with van der Waals surface area (Å²) >= 11 is 0. The fraction of sp³-hybridized carbons (Fsp3) is 0.278. The average Bonchev–Trinajstić information content (AvgIpc) is 2.60. The molecule has 0 atom stereocenters. The van der Waals surface area contributed by atoms with Gasteiger partial charge in [0, 0.05) is 24.8 Å². The van der Waals surface area contributed by atoms with Gasteiger partial charge in [-0.2, -0.15) is 0 Å². The van der Waals surface area contributed by atoms with E-state index >= 15 is 0 Å². The van der Waals surface area contributed by atoms with Crippen LogP contribution in [0.5, 0.6) is 0 Å². The summed E-state index contributed by atoms with van der Waals surface area (Å²) < 4.78 is 0. The second-order valence-corrected chi connectivity index (χ2v) is 5.18. The minimum absolute atomic E-state index is 0.187. The summed E-state index contributed by atoms with van der Waals surface area (Å²) in [5.41, 5.74) is 1.86. The SMILES string of the molecule is CCCNC(=O)c1ccnc(C(=O)NCCc2ccccc2)c1. The van der Waals surface area contributed by atoms with E-state index in [9.17, 15) is 9.59 Å². The Bertz CT molecular complexity index is 656. The quantitative estimate of drug-likeness (QED) is 0.823. The van der Waals surface area contributed by atoms with Crippen molar-refractivity contribution in [2.24, 2.45) is 0 Å². The number of pyridine rings is 1. The molecule has 0 fully saturated rings. The number of hydrogen-bond acceptors (Lipinski definition) is 3. The monoisotopic (exact) mass is 311 g/mol. The maximum atomic E-state index is 12.1. The molecule has 1 aromatic heterocycles. The van der Waals surface area contributed by atoms with Gasteiger partial charge in [0.1, 0.15) is 5.69 Å². The van der Waals surface area contributed by atoms with E-state index in [2.05, 4.69) is 15.6 Å². The largest absolute Gasteiger partial charge is 0.352 e. The minimum Gasteiger partial charge on any atom is -0.352 e. The molecule has 5 nitrogen and oxygen atoms in total. The number of carbonyl (C=O) groups excluding carboxylic acids is 2. The van der Waals surface area contributed by atoms with Gasteiger partial charge in [0.25, 0.3) is 11.8 Å². The van der Waals surface area contributed by atoms with Gasteiger partial charge in [0.15, 0.2) is 0 Å². The molecular weight excluding hydrogens is 290 g/mol. The van der Waals surface area contributed by atoms with Crippen molar-refractivity contribution in [2.75, 3.05) is 13.1 Å². The molecule has 0 unspecified atom stereocenters. The molecule has 0 saturated carbocycles. The van der Waals surface area contributed by atoms with Crippen LogP contribution in [0.25, 0.3) is 0 Å². The molecule has 1 heterocycles. The van der Waals surface area contributed by atoms with Gasteiger partial charge in [-0.15, -0.1) is 0 Å². The van der Waals surface area contributed by atoms with Gasteiger partial charge in [-0.25, -0.2) is 0 Å². The number of aromatic nitrogens is 1. The predicted molar refractivity (Wildman–Crippen MR) is 89.3 cm³/mol. The highest BCUT2D eigenvalue weighted by molar-refractivity contribution is 5.98. The molecule has 2 rings (SSSR count). The fourth-order valence-electron chi connectivity index (χ4n) is 2.09. The normalized spacial score (nSPS) is 10.1. The van der Waals surface area contributed by atoms with E-state index in [1.54, 1.807) is 6.07 Å². The van der Waals surface area contributed by atoms with Crippen LogP contribution in [0.1, 0.15) is 39.8 Å². The second kappa shape index (κ2) is 8.68. The molecular formula is C18H21N3O2. The van der Waals surface area contributed by atoms with Crippen LogP contribution in [-0.2, 0) is 6.42 Å². The summed E-state index contributed by atoms with van der Waals surface area (Å²) in [5.74, 6) is -0.460. The van der Waals surface area contributed by atoms with Crippen LogP contribution in [0.3, 0.4) is 0 Å². The third-order valence-corrected chi connectivity index (χ3v) is 3.33. The highest BCUT2D eigenvalue weighted by Crippen LogP contribution is 2.03. The van der Waals surface area contributed by atoms with Crippen LogP contribution in [0.4, 0.5) is 0 Å². The van der Waals surface area contributed by atoms with E-state index < -0.39 is 0 Å². The first-order valence-corrected chi connectivity index (χ1v) is 7.77. The van der Waals surface area contributed by atoms with E-state index in [4.69, 9.17) is 0 Å². The number of hydrogen-bond donors (Lipinski definition) is 2. The summed E-state index contributed by atoms with van der Waals surface area (Å²) in [4.78, 5) is 28.1. The minimum atomic E-state index is -0.272. The third kappa shape index (κ3) is 5.21. The lowest BCUT2D eigenvalue weighted by molar-refractivity contribution is 0.0949. The summed E-state index contributed by atoms with van der Waals surface area (Å²) in [7, 11) is 0. The number of rotatable bonds is 7. The zero-order valence-corrected chi connectivity index (χ0v) is 13.2. The Labute approximate surface area is 136 Å². The molecule has 2 N–H and O–H groups in total. The number of nitrogens with zero attached hydrogens (tertiary/aromatic N) is 1. The number of benzene rings is 1. The third-order valence-electron chi connectivity index (χ3n) is 3.33. The van der Waals surface area contributed by atoms with Crippen molar-refractivity contribution in [1.29, 1.82) is 0 Å². The molecule has 2 aromatic rings. The molecule has 120 valence electrons. The highest BCUT2D eigenvalue weighted by atomic mass is 16.2. The Morgan fingerprint density at radius 3 is 2.48 bits per heavy atom. The summed E-state index contributed by atoms with van der Waals surface area (Å²) in [5, 5.41) is 5.60. The van der Waals surface area contributed by atoms with Crippen LogP contribution >= 0.6 is 0 Å². The first-order valence-electron chi connectivity index (χ1n) is 7.77. The first-order chi connectivity index (χ1) is 11.2. The summed E-state index contributed by atoms with van der Waals surface area (Å²) in [6, 6.07) is 13.1. The van der Waals surface area contributed by atoms with Crippen LogP contribution in [-0.4, -0.2) is 29.9 Å². The van der Waals surface area contributed by atoms with Gasteiger partial charge in [-0.3, -0.25) is 14.6 Å². The first kappa shape index (κ1) is 16.7. The Kier molecular flexibility index (Phi) is 6.29. The van der Waals surface area contributed by atoms with E-state index in [1.165, 1.54) is 12.3 Å². The molecule has 0 aliphatic heterocycles. The lowest BCUT2D eigenvalue weighted by atomic mass is 10.1. The number of nitrogens with one attached hydrogen (secondary N) is 2. The molecule has 0 saturated heterocycles. The van der Waals surface area contributed by atoms with E-state index in [1.807, 2.05) is 37.3 Å². The fourth-order valence-corrected chi connectivity index (χ4v) is 2.09. The van der Waals surface area contributed by atoms with Crippen molar-refractivity contribution in [2.45, 2.75) is 19.8 Å². The number of carbonyl (C=O) groups is 2. The second-order valence-electron chi connectivity index (χ2n) is 5.18. The van der Waals surface area contributed by atoms with Crippen molar-refractivity contribution in [3.8, 4) is 0 Å². The molecule has 23 heavy (non-hydrogen) atoms. The molecule has 5 heteroatoms. The smallest absolute Gasteiger partial charge is 0.269 e. The maximum absolute atomic E-state index is 12.1. The van der Waals surface area contributed by atoms with Crippen molar-refractivity contribution in [3.63, 3.8) is 0 Å². The molecule has 0 radical (unpaired) electrons. The van der Waals surface area contributed by atoms with Gasteiger partial charge in [-0.05, 0) is 30.5 Å². The maximum Gasteiger partial charge on any atom is 0.269 e. The lowest BCUT2D eigenvalue weighted by Gasteiger charge is -2.07. The van der Waals surface area contributed by atoms with Gasteiger partial charge < -0.3 is 10.6 Å². The topological polar surface area (TPSA) is 71.1 Å². The molecule has 0 aliphatic carbocycles.